The van der Waals surface area contributed by atoms with Crippen LogP contribution < -0.4 is 5.32 Å². The minimum Gasteiger partial charge on any atom is -0.313 e. The Balaban J connectivity index is 2.31. The van der Waals surface area contributed by atoms with E-state index in [9.17, 15) is 0 Å². The van der Waals surface area contributed by atoms with Crippen LogP contribution in [-0.2, 0) is 12.0 Å². The summed E-state index contributed by atoms with van der Waals surface area (Å²) in [4.78, 5) is 0. The maximum atomic E-state index is 3.52. The fourth-order valence-electron chi connectivity index (χ4n) is 1.99. The van der Waals surface area contributed by atoms with E-state index in [0.717, 1.165) is 19.0 Å². The SMILES string of the molecule is CC(C)CCCNCc1ccc(C(C)(C)C)cc1. The predicted molar refractivity (Wildman–Crippen MR) is 80.9 cm³/mol. The lowest BCUT2D eigenvalue weighted by atomic mass is 9.87. The van der Waals surface area contributed by atoms with Crippen LogP contribution in [0.2, 0.25) is 0 Å². The van der Waals surface area contributed by atoms with Gasteiger partial charge in [0.1, 0.15) is 0 Å². The van der Waals surface area contributed by atoms with E-state index in [4.69, 9.17) is 0 Å². The molecule has 0 radical (unpaired) electrons. The molecule has 18 heavy (non-hydrogen) atoms. The number of rotatable bonds is 6. The molecule has 1 aromatic rings. The molecule has 0 amide bonds. The van der Waals surface area contributed by atoms with Gasteiger partial charge in [-0.3, -0.25) is 0 Å². The fourth-order valence-corrected chi connectivity index (χ4v) is 1.99. The second kappa shape index (κ2) is 6.94. The van der Waals surface area contributed by atoms with Crippen molar-refractivity contribution in [2.45, 2.75) is 59.4 Å². The monoisotopic (exact) mass is 247 g/mol. The lowest BCUT2D eigenvalue weighted by molar-refractivity contribution is 0.527. The molecule has 0 aliphatic rings. The van der Waals surface area contributed by atoms with Crippen LogP contribution in [0.3, 0.4) is 0 Å². The van der Waals surface area contributed by atoms with E-state index in [1.165, 1.54) is 24.0 Å². The Morgan fingerprint density at radius 1 is 1.06 bits per heavy atom. The van der Waals surface area contributed by atoms with Crippen molar-refractivity contribution in [3.05, 3.63) is 35.4 Å². The van der Waals surface area contributed by atoms with Crippen molar-refractivity contribution in [3.63, 3.8) is 0 Å². The summed E-state index contributed by atoms with van der Waals surface area (Å²) in [6.45, 7) is 13.4. The third-order valence-electron chi connectivity index (χ3n) is 3.28. The Hall–Kier alpha value is -0.820. The summed E-state index contributed by atoms with van der Waals surface area (Å²) in [5.74, 6) is 0.817. The zero-order chi connectivity index (χ0) is 13.6. The molecule has 1 nitrogen and oxygen atoms in total. The molecule has 1 aromatic carbocycles. The highest BCUT2D eigenvalue weighted by molar-refractivity contribution is 5.27. The number of hydrogen-bond donors (Lipinski definition) is 1. The zero-order valence-corrected chi connectivity index (χ0v) is 12.7. The van der Waals surface area contributed by atoms with Crippen LogP contribution in [0.5, 0.6) is 0 Å². The third-order valence-corrected chi connectivity index (χ3v) is 3.28. The van der Waals surface area contributed by atoms with Crippen LogP contribution in [0.15, 0.2) is 24.3 Å². The first kappa shape index (κ1) is 15.2. The second-order valence-corrected chi connectivity index (χ2v) is 6.66. The number of nitrogens with one attached hydrogen (secondary N) is 1. The van der Waals surface area contributed by atoms with Crippen molar-refractivity contribution < 1.29 is 0 Å². The van der Waals surface area contributed by atoms with Gasteiger partial charge in [-0.25, -0.2) is 0 Å². The molecule has 0 fully saturated rings. The fraction of sp³-hybridized carbons (Fsp3) is 0.647. The largest absolute Gasteiger partial charge is 0.313 e. The molecule has 0 spiro atoms. The van der Waals surface area contributed by atoms with E-state index >= 15 is 0 Å². The van der Waals surface area contributed by atoms with Gasteiger partial charge >= 0.3 is 0 Å². The van der Waals surface area contributed by atoms with E-state index in [-0.39, 0.29) is 5.41 Å². The summed E-state index contributed by atoms with van der Waals surface area (Å²) < 4.78 is 0. The summed E-state index contributed by atoms with van der Waals surface area (Å²) in [6, 6.07) is 9.00. The first-order chi connectivity index (χ1) is 8.39. The molecule has 102 valence electrons. The molecule has 0 atom stereocenters. The van der Waals surface area contributed by atoms with Gasteiger partial charge in [-0.15, -0.1) is 0 Å². The lowest BCUT2D eigenvalue weighted by Crippen LogP contribution is -2.16. The van der Waals surface area contributed by atoms with Crippen molar-refractivity contribution in [2.75, 3.05) is 6.54 Å². The van der Waals surface area contributed by atoms with Crippen molar-refractivity contribution in [1.29, 1.82) is 0 Å². The van der Waals surface area contributed by atoms with Gasteiger partial charge in [-0.1, -0.05) is 58.9 Å². The van der Waals surface area contributed by atoms with Gasteiger partial charge in [-0.2, -0.15) is 0 Å². The molecule has 1 N–H and O–H groups in total. The van der Waals surface area contributed by atoms with Crippen molar-refractivity contribution >= 4 is 0 Å². The molecule has 0 aliphatic carbocycles. The average Bonchev–Trinajstić information content (AvgIpc) is 2.27. The van der Waals surface area contributed by atoms with Crippen LogP contribution in [-0.4, -0.2) is 6.54 Å². The minimum atomic E-state index is 0.253. The standard InChI is InChI=1S/C17H29N/c1-14(2)7-6-12-18-13-15-8-10-16(11-9-15)17(3,4)5/h8-11,14,18H,6-7,12-13H2,1-5H3. The molecule has 0 saturated carbocycles. The summed E-state index contributed by atoms with van der Waals surface area (Å²) in [5, 5.41) is 3.52. The molecule has 1 rings (SSSR count). The average molecular weight is 247 g/mol. The highest BCUT2D eigenvalue weighted by atomic mass is 14.8. The van der Waals surface area contributed by atoms with Crippen LogP contribution in [0.4, 0.5) is 0 Å². The Labute approximate surface area is 113 Å². The Kier molecular flexibility index (Phi) is 5.87. The highest BCUT2D eigenvalue weighted by Gasteiger charge is 2.12. The molecule has 0 bridgehead atoms. The topological polar surface area (TPSA) is 12.0 Å². The molecular formula is C17H29N. The zero-order valence-electron chi connectivity index (χ0n) is 12.7. The number of benzene rings is 1. The van der Waals surface area contributed by atoms with Crippen LogP contribution in [0.25, 0.3) is 0 Å². The van der Waals surface area contributed by atoms with Crippen molar-refractivity contribution in [1.82, 2.24) is 5.32 Å². The summed E-state index contributed by atoms with van der Waals surface area (Å²) >= 11 is 0. The van der Waals surface area contributed by atoms with Gasteiger partial charge in [0, 0.05) is 6.54 Å². The summed E-state index contributed by atoms with van der Waals surface area (Å²) in [7, 11) is 0. The third kappa shape index (κ3) is 5.68. The normalized spacial score (nSPS) is 12.1. The molecule has 0 aromatic heterocycles. The van der Waals surface area contributed by atoms with E-state index in [1.54, 1.807) is 0 Å². The van der Waals surface area contributed by atoms with Gasteiger partial charge in [0.2, 0.25) is 0 Å². The van der Waals surface area contributed by atoms with E-state index < -0.39 is 0 Å². The molecular weight excluding hydrogens is 218 g/mol. The van der Waals surface area contributed by atoms with E-state index in [0.29, 0.717) is 0 Å². The van der Waals surface area contributed by atoms with Crippen molar-refractivity contribution in [3.8, 4) is 0 Å². The molecule has 0 saturated heterocycles. The molecule has 1 heteroatoms. The maximum absolute atomic E-state index is 3.52. The van der Waals surface area contributed by atoms with E-state index in [1.807, 2.05) is 0 Å². The Bertz CT molecular complexity index is 330. The first-order valence-corrected chi connectivity index (χ1v) is 7.19. The summed E-state index contributed by atoms with van der Waals surface area (Å²) in [6.07, 6.45) is 2.59. The molecule has 0 unspecified atom stereocenters. The van der Waals surface area contributed by atoms with Crippen molar-refractivity contribution in [2.24, 2.45) is 5.92 Å². The minimum absolute atomic E-state index is 0.253. The molecule has 0 aliphatic heterocycles. The van der Waals surface area contributed by atoms with Crippen LogP contribution in [0.1, 0.15) is 58.6 Å². The smallest absolute Gasteiger partial charge is 0.0205 e. The van der Waals surface area contributed by atoms with Crippen LogP contribution in [0, 0.1) is 5.92 Å². The van der Waals surface area contributed by atoms with Gasteiger partial charge in [0.15, 0.2) is 0 Å². The Morgan fingerprint density at radius 2 is 1.67 bits per heavy atom. The lowest BCUT2D eigenvalue weighted by Gasteiger charge is -2.19. The predicted octanol–water partition coefficient (Wildman–Crippen LogP) is 4.51. The van der Waals surface area contributed by atoms with Gasteiger partial charge < -0.3 is 5.32 Å². The van der Waals surface area contributed by atoms with Crippen LogP contribution >= 0.6 is 0 Å². The highest BCUT2D eigenvalue weighted by Crippen LogP contribution is 2.22. The van der Waals surface area contributed by atoms with Gasteiger partial charge in [-0.05, 0) is 41.8 Å². The van der Waals surface area contributed by atoms with Gasteiger partial charge in [0.25, 0.3) is 0 Å². The first-order valence-electron chi connectivity index (χ1n) is 7.19. The summed E-state index contributed by atoms with van der Waals surface area (Å²) in [5.41, 5.74) is 3.04. The van der Waals surface area contributed by atoms with Gasteiger partial charge in [0.05, 0.1) is 0 Å². The second-order valence-electron chi connectivity index (χ2n) is 6.66. The quantitative estimate of drug-likeness (QED) is 0.729. The Morgan fingerprint density at radius 3 is 2.17 bits per heavy atom. The molecule has 0 heterocycles. The number of hydrogen-bond acceptors (Lipinski definition) is 1. The van der Waals surface area contributed by atoms with E-state index in [2.05, 4.69) is 64.2 Å². The maximum Gasteiger partial charge on any atom is 0.0205 e.